The molecule has 3 nitrogen and oxygen atoms in total. The van der Waals surface area contributed by atoms with Gasteiger partial charge in [0.15, 0.2) is 0 Å². The number of ether oxygens (including phenoxy) is 1. The van der Waals surface area contributed by atoms with Crippen molar-refractivity contribution >= 4 is 22.6 Å². The van der Waals surface area contributed by atoms with E-state index in [0.717, 1.165) is 35.1 Å². The van der Waals surface area contributed by atoms with Crippen molar-refractivity contribution in [2.75, 3.05) is 7.11 Å². The van der Waals surface area contributed by atoms with Gasteiger partial charge in [-0.2, -0.15) is 0 Å². The maximum absolute atomic E-state index is 6.10. The molecule has 21 heavy (non-hydrogen) atoms. The van der Waals surface area contributed by atoms with Gasteiger partial charge >= 0.3 is 0 Å². The number of para-hydroxylation sites is 1. The largest absolute Gasteiger partial charge is 0.494 e. The molecule has 4 heteroatoms. The third-order valence-electron chi connectivity index (χ3n) is 4.65. The first kappa shape index (κ1) is 14.7. The maximum atomic E-state index is 6.10. The van der Waals surface area contributed by atoms with E-state index >= 15 is 0 Å². The molecule has 1 heterocycles. The molecule has 3 rings (SSSR count). The minimum atomic E-state index is 0.447. The highest BCUT2D eigenvalue weighted by molar-refractivity contribution is 6.16. The van der Waals surface area contributed by atoms with Crippen LogP contribution in [-0.2, 0) is 12.4 Å². The fourth-order valence-corrected chi connectivity index (χ4v) is 3.68. The molecule has 0 bridgehead atoms. The second-order valence-corrected chi connectivity index (χ2v) is 6.20. The molecular weight excluding hydrogens is 284 g/mol. The highest BCUT2D eigenvalue weighted by atomic mass is 35.5. The lowest BCUT2D eigenvalue weighted by atomic mass is 9.87. The Morgan fingerprint density at radius 3 is 2.81 bits per heavy atom. The van der Waals surface area contributed by atoms with Crippen molar-refractivity contribution in [3.05, 3.63) is 24.0 Å². The minimum absolute atomic E-state index is 0.447. The Hall–Kier alpha value is -1.22. The summed E-state index contributed by atoms with van der Waals surface area (Å²) in [6.45, 7) is 1.01. The van der Waals surface area contributed by atoms with Gasteiger partial charge in [0.05, 0.1) is 18.5 Å². The second kappa shape index (κ2) is 6.69. The SMILES string of the molecule is COc1cccc2c1nc(CCl)n2CCC1CCCCC1. The third kappa shape index (κ3) is 3.03. The number of fused-ring (bicyclic) bond motifs is 1. The zero-order chi connectivity index (χ0) is 14.7. The Bertz CT molecular complexity index is 602. The van der Waals surface area contributed by atoms with Gasteiger partial charge in [0.2, 0.25) is 0 Å². The zero-order valence-electron chi connectivity index (χ0n) is 12.6. The Kier molecular flexibility index (Phi) is 4.69. The van der Waals surface area contributed by atoms with E-state index in [9.17, 15) is 0 Å². The summed E-state index contributed by atoms with van der Waals surface area (Å²) in [4.78, 5) is 4.67. The van der Waals surface area contributed by atoms with Crippen molar-refractivity contribution in [3.63, 3.8) is 0 Å². The fraction of sp³-hybridized carbons (Fsp3) is 0.588. The highest BCUT2D eigenvalue weighted by Crippen LogP contribution is 2.30. The number of halogens is 1. The van der Waals surface area contributed by atoms with Crippen molar-refractivity contribution < 1.29 is 4.74 Å². The van der Waals surface area contributed by atoms with Gasteiger partial charge in [0, 0.05) is 6.54 Å². The standard InChI is InChI=1S/C17H23ClN2O/c1-21-15-9-5-8-14-17(15)19-16(12-18)20(14)11-10-13-6-3-2-4-7-13/h5,8-9,13H,2-4,6-7,10-12H2,1H3. The molecule has 1 saturated carbocycles. The first-order chi connectivity index (χ1) is 10.3. The third-order valence-corrected chi connectivity index (χ3v) is 4.89. The lowest BCUT2D eigenvalue weighted by Gasteiger charge is -2.22. The van der Waals surface area contributed by atoms with Crippen LogP contribution in [0.4, 0.5) is 0 Å². The van der Waals surface area contributed by atoms with Gasteiger partial charge in [-0.1, -0.05) is 38.2 Å². The number of benzene rings is 1. The molecule has 0 spiro atoms. The van der Waals surface area contributed by atoms with Gasteiger partial charge in [-0.05, 0) is 24.5 Å². The minimum Gasteiger partial charge on any atom is -0.494 e. The number of rotatable bonds is 5. The summed E-state index contributed by atoms with van der Waals surface area (Å²) < 4.78 is 7.69. The summed E-state index contributed by atoms with van der Waals surface area (Å²) >= 11 is 6.10. The van der Waals surface area contributed by atoms with Gasteiger partial charge in [-0.25, -0.2) is 4.98 Å². The van der Waals surface area contributed by atoms with Crippen molar-refractivity contribution in [2.24, 2.45) is 5.92 Å². The van der Waals surface area contributed by atoms with E-state index in [4.69, 9.17) is 16.3 Å². The van der Waals surface area contributed by atoms with E-state index in [1.165, 1.54) is 38.5 Å². The van der Waals surface area contributed by atoms with Crippen LogP contribution in [0.2, 0.25) is 0 Å². The number of nitrogens with zero attached hydrogens (tertiary/aromatic N) is 2. The Labute approximate surface area is 131 Å². The zero-order valence-corrected chi connectivity index (χ0v) is 13.4. The molecule has 1 aromatic heterocycles. The van der Waals surface area contributed by atoms with Crippen LogP contribution in [0.3, 0.4) is 0 Å². The molecule has 1 fully saturated rings. The van der Waals surface area contributed by atoms with Crippen molar-refractivity contribution in [1.82, 2.24) is 9.55 Å². The Balaban J connectivity index is 1.85. The van der Waals surface area contributed by atoms with E-state index in [0.29, 0.717) is 5.88 Å². The van der Waals surface area contributed by atoms with E-state index in [-0.39, 0.29) is 0 Å². The van der Waals surface area contributed by atoms with Gasteiger partial charge < -0.3 is 9.30 Å². The van der Waals surface area contributed by atoms with Crippen LogP contribution in [0, 0.1) is 5.92 Å². The summed E-state index contributed by atoms with van der Waals surface area (Å²) in [6, 6.07) is 6.10. The van der Waals surface area contributed by atoms with Crippen LogP contribution in [0.25, 0.3) is 11.0 Å². The summed E-state index contributed by atoms with van der Waals surface area (Å²) in [6.07, 6.45) is 8.19. The molecule has 0 atom stereocenters. The maximum Gasteiger partial charge on any atom is 0.146 e. The summed E-state index contributed by atoms with van der Waals surface area (Å²) in [7, 11) is 1.69. The molecular formula is C17H23ClN2O. The molecule has 2 aromatic rings. The molecule has 0 aliphatic heterocycles. The quantitative estimate of drug-likeness (QED) is 0.745. The van der Waals surface area contributed by atoms with E-state index in [1.807, 2.05) is 12.1 Å². The predicted molar refractivity (Wildman–Crippen MR) is 87.0 cm³/mol. The highest BCUT2D eigenvalue weighted by Gasteiger charge is 2.17. The van der Waals surface area contributed by atoms with Crippen molar-refractivity contribution in [3.8, 4) is 5.75 Å². The lowest BCUT2D eigenvalue weighted by molar-refractivity contribution is 0.324. The molecule has 0 saturated heterocycles. The van der Waals surface area contributed by atoms with E-state index in [2.05, 4.69) is 15.6 Å². The summed E-state index contributed by atoms with van der Waals surface area (Å²) in [5, 5.41) is 0. The average molecular weight is 307 g/mol. The van der Waals surface area contributed by atoms with Crippen LogP contribution >= 0.6 is 11.6 Å². The predicted octanol–water partition coefficient (Wildman–Crippen LogP) is 4.75. The van der Waals surface area contributed by atoms with Gasteiger partial charge in [0.25, 0.3) is 0 Å². The number of aryl methyl sites for hydroxylation is 1. The molecule has 1 aliphatic rings. The van der Waals surface area contributed by atoms with Gasteiger partial charge in [-0.15, -0.1) is 11.6 Å². The van der Waals surface area contributed by atoms with Crippen LogP contribution in [-0.4, -0.2) is 16.7 Å². The van der Waals surface area contributed by atoms with Crippen LogP contribution in [0.5, 0.6) is 5.75 Å². The van der Waals surface area contributed by atoms with Crippen LogP contribution < -0.4 is 4.74 Å². The molecule has 0 amide bonds. The summed E-state index contributed by atoms with van der Waals surface area (Å²) in [5.41, 5.74) is 2.07. The van der Waals surface area contributed by atoms with Gasteiger partial charge in [0.1, 0.15) is 17.1 Å². The number of alkyl halides is 1. The smallest absolute Gasteiger partial charge is 0.146 e. The van der Waals surface area contributed by atoms with Crippen LogP contribution in [0.1, 0.15) is 44.3 Å². The first-order valence-electron chi connectivity index (χ1n) is 7.91. The molecule has 114 valence electrons. The van der Waals surface area contributed by atoms with E-state index < -0.39 is 0 Å². The van der Waals surface area contributed by atoms with E-state index in [1.54, 1.807) is 7.11 Å². The Morgan fingerprint density at radius 2 is 2.10 bits per heavy atom. The fourth-order valence-electron chi connectivity index (χ4n) is 3.47. The lowest BCUT2D eigenvalue weighted by Crippen LogP contribution is -2.11. The first-order valence-corrected chi connectivity index (χ1v) is 8.45. The molecule has 0 radical (unpaired) electrons. The van der Waals surface area contributed by atoms with Crippen molar-refractivity contribution in [1.29, 1.82) is 0 Å². The molecule has 1 aromatic carbocycles. The number of hydrogen-bond donors (Lipinski definition) is 0. The molecule has 0 unspecified atom stereocenters. The normalized spacial score (nSPS) is 16.5. The van der Waals surface area contributed by atoms with Gasteiger partial charge in [-0.3, -0.25) is 0 Å². The van der Waals surface area contributed by atoms with Crippen LogP contribution in [0.15, 0.2) is 18.2 Å². The summed E-state index contributed by atoms with van der Waals surface area (Å²) in [5.74, 6) is 3.09. The molecule has 1 aliphatic carbocycles. The average Bonchev–Trinajstić information content (AvgIpc) is 2.91. The Morgan fingerprint density at radius 1 is 1.29 bits per heavy atom. The second-order valence-electron chi connectivity index (χ2n) is 5.93. The number of methoxy groups -OCH3 is 1. The monoisotopic (exact) mass is 306 g/mol. The van der Waals surface area contributed by atoms with Crippen molar-refractivity contribution in [2.45, 2.75) is 50.9 Å². The topological polar surface area (TPSA) is 27.1 Å². The number of aromatic nitrogens is 2. The number of imidazole rings is 1. The molecule has 0 N–H and O–H groups in total. The number of hydrogen-bond acceptors (Lipinski definition) is 2.